The van der Waals surface area contributed by atoms with Crippen molar-refractivity contribution in [2.45, 2.75) is 24.9 Å². The third-order valence-electron chi connectivity index (χ3n) is 5.03. The molecule has 1 aromatic carbocycles. The van der Waals surface area contributed by atoms with Gasteiger partial charge in [0.05, 0.1) is 48.9 Å². The highest BCUT2D eigenvalue weighted by Crippen LogP contribution is 2.42. The van der Waals surface area contributed by atoms with Crippen LogP contribution in [0.5, 0.6) is 5.75 Å². The van der Waals surface area contributed by atoms with Gasteiger partial charge in [0.25, 0.3) is 0 Å². The van der Waals surface area contributed by atoms with E-state index in [1.54, 1.807) is 29.2 Å². The maximum atomic E-state index is 14.6. The van der Waals surface area contributed by atoms with E-state index in [-0.39, 0.29) is 22.2 Å². The first kappa shape index (κ1) is 18.0. The number of nitrogens with zero attached hydrogens (tertiary/aromatic N) is 6. The van der Waals surface area contributed by atoms with E-state index in [2.05, 4.69) is 20.3 Å². The fraction of sp³-hybridized carbons (Fsp3) is 0.263. The summed E-state index contributed by atoms with van der Waals surface area (Å²) in [6.07, 6.45) is 7.47. The van der Waals surface area contributed by atoms with Gasteiger partial charge < -0.3 is 9.84 Å². The Bertz CT molecular complexity index is 1220. The Labute approximate surface area is 169 Å². The molecule has 148 valence electrons. The Morgan fingerprint density at radius 1 is 1.31 bits per heavy atom. The van der Waals surface area contributed by atoms with Crippen molar-refractivity contribution in [3.63, 3.8) is 0 Å². The fourth-order valence-corrected chi connectivity index (χ4v) is 3.62. The SMILES string of the molecule is COc1ccc(-n2cc(C(O)c3c(C4CC4)ncc4cncn34)nn2)c(F)c1Cl. The van der Waals surface area contributed by atoms with Gasteiger partial charge in [0.1, 0.15) is 28.3 Å². The Hall–Kier alpha value is -3.04. The van der Waals surface area contributed by atoms with Crippen LogP contribution in [0.15, 0.2) is 37.1 Å². The molecule has 10 heteroatoms. The number of methoxy groups -OCH3 is 1. The van der Waals surface area contributed by atoms with Crippen molar-refractivity contribution in [3.05, 3.63) is 65.0 Å². The van der Waals surface area contributed by atoms with Crippen molar-refractivity contribution in [1.29, 1.82) is 0 Å². The standard InChI is InChI=1S/C19H16ClFN6O2/c1-29-14-5-4-13(16(21)15(14)20)27-8-12(24-25-27)19(28)18-17(10-2-3-10)23-7-11-6-22-9-26(11)18/h4-10,19,28H,2-3H2,1H3. The van der Waals surface area contributed by atoms with Crippen LogP contribution in [-0.4, -0.2) is 41.6 Å². The molecule has 0 amide bonds. The molecular weight excluding hydrogens is 399 g/mol. The van der Waals surface area contributed by atoms with Crippen molar-refractivity contribution in [1.82, 2.24) is 29.4 Å². The van der Waals surface area contributed by atoms with E-state index < -0.39 is 11.9 Å². The minimum Gasteiger partial charge on any atom is -0.495 e. The van der Waals surface area contributed by atoms with Crippen molar-refractivity contribution < 1.29 is 14.2 Å². The van der Waals surface area contributed by atoms with Crippen molar-refractivity contribution in [3.8, 4) is 11.4 Å². The van der Waals surface area contributed by atoms with Crippen molar-refractivity contribution >= 4 is 17.1 Å². The Balaban J connectivity index is 1.57. The van der Waals surface area contributed by atoms with E-state index in [4.69, 9.17) is 16.3 Å². The van der Waals surface area contributed by atoms with Gasteiger partial charge in [-0.3, -0.25) is 9.38 Å². The zero-order valence-electron chi connectivity index (χ0n) is 15.3. The zero-order valence-corrected chi connectivity index (χ0v) is 16.1. The number of fused-ring (bicyclic) bond motifs is 1. The second kappa shape index (κ2) is 6.78. The summed E-state index contributed by atoms with van der Waals surface area (Å²) in [6.45, 7) is 0. The number of halogens is 2. The number of aliphatic hydroxyl groups excluding tert-OH is 1. The second-order valence-corrected chi connectivity index (χ2v) is 7.27. The molecule has 1 fully saturated rings. The molecule has 1 unspecified atom stereocenters. The molecule has 3 heterocycles. The summed E-state index contributed by atoms with van der Waals surface area (Å²) in [7, 11) is 1.41. The van der Waals surface area contributed by atoms with Gasteiger partial charge in [0, 0.05) is 5.92 Å². The number of benzene rings is 1. The molecule has 1 aliphatic carbocycles. The summed E-state index contributed by atoms with van der Waals surface area (Å²) < 4.78 is 22.7. The normalized spacial score (nSPS) is 15.0. The summed E-state index contributed by atoms with van der Waals surface area (Å²) in [5, 5.41) is 19.0. The van der Waals surface area contributed by atoms with Crippen LogP contribution in [0.4, 0.5) is 4.39 Å². The van der Waals surface area contributed by atoms with Crippen molar-refractivity contribution in [2.75, 3.05) is 7.11 Å². The highest BCUT2D eigenvalue weighted by atomic mass is 35.5. The zero-order chi connectivity index (χ0) is 20.1. The Kier molecular flexibility index (Phi) is 4.21. The Morgan fingerprint density at radius 3 is 2.90 bits per heavy atom. The molecule has 0 radical (unpaired) electrons. The molecule has 1 atom stereocenters. The number of ether oxygens (including phenoxy) is 1. The van der Waals surface area contributed by atoms with Crippen LogP contribution < -0.4 is 4.74 Å². The number of aliphatic hydroxyl groups is 1. The van der Waals surface area contributed by atoms with Gasteiger partial charge in [-0.2, -0.15) is 0 Å². The number of aromatic nitrogens is 6. The predicted molar refractivity (Wildman–Crippen MR) is 102 cm³/mol. The predicted octanol–water partition coefficient (Wildman–Crippen LogP) is 3.07. The average molecular weight is 415 g/mol. The smallest absolute Gasteiger partial charge is 0.171 e. The highest BCUT2D eigenvalue weighted by Gasteiger charge is 2.32. The quantitative estimate of drug-likeness (QED) is 0.539. The van der Waals surface area contributed by atoms with E-state index in [1.807, 2.05) is 0 Å². The molecule has 1 N–H and O–H groups in total. The lowest BCUT2D eigenvalue weighted by Crippen LogP contribution is -2.11. The number of hydrogen-bond donors (Lipinski definition) is 1. The van der Waals surface area contributed by atoms with Gasteiger partial charge in [0.15, 0.2) is 5.82 Å². The van der Waals surface area contributed by atoms with E-state index >= 15 is 0 Å². The van der Waals surface area contributed by atoms with Gasteiger partial charge in [-0.15, -0.1) is 5.10 Å². The lowest BCUT2D eigenvalue weighted by Gasteiger charge is -2.15. The first-order valence-electron chi connectivity index (χ1n) is 9.02. The summed E-state index contributed by atoms with van der Waals surface area (Å²) >= 11 is 6.00. The lowest BCUT2D eigenvalue weighted by molar-refractivity contribution is 0.206. The topological polar surface area (TPSA) is 90.4 Å². The van der Waals surface area contributed by atoms with Crippen LogP contribution in [0.2, 0.25) is 5.02 Å². The molecule has 4 aromatic rings. The summed E-state index contributed by atoms with van der Waals surface area (Å²) in [6, 6.07) is 3.03. The molecule has 0 aliphatic heterocycles. The lowest BCUT2D eigenvalue weighted by atomic mass is 10.1. The second-order valence-electron chi connectivity index (χ2n) is 6.90. The number of imidazole rings is 1. The van der Waals surface area contributed by atoms with Crippen LogP contribution in [0.3, 0.4) is 0 Å². The van der Waals surface area contributed by atoms with E-state index in [0.29, 0.717) is 11.6 Å². The minimum absolute atomic E-state index is 0.100. The minimum atomic E-state index is -1.10. The highest BCUT2D eigenvalue weighted by molar-refractivity contribution is 6.32. The van der Waals surface area contributed by atoms with Crippen LogP contribution in [-0.2, 0) is 0 Å². The van der Waals surface area contributed by atoms with E-state index in [1.165, 1.54) is 24.1 Å². The van der Waals surface area contributed by atoms with Crippen LogP contribution >= 0.6 is 11.6 Å². The first-order chi connectivity index (χ1) is 14.1. The molecular formula is C19H16ClFN6O2. The molecule has 3 aromatic heterocycles. The Morgan fingerprint density at radius 2 is 2.14 bits per heavy atom. The summed E-state index contributed by atoms with van der Waals surface area (Å²) in [4.78, 5) is 8.67. The largest absolute Gasteiger partial charge is 0.495 e. The molecule has 0 bridgehead atoms. The number of rotatable bonds is 5. The fourth-order valence-electron chi connectivity index (χ4n) is 3.39. The number of hydrogen-bond acceptors (Lipinski definition) is 6. The first-order valence-corrected chi connectivity index (χ1v) is 9.39. The van der Waals surface area contributed by atoms with Crippen LogP contribution in [0.1, 0.15) is 41.9 Å². The molecule has 0 saturated heterocycles. The van der Waals surface area contributed by atoms with E-state index in [0.717, 1.165) is 24.1 Å². The molecule has 1 aliphatic rings. The average Bonchev–Trinajstić information content (AvgIpc) is 3.25. The van der Waals surface area contributed by atoms with Gasteiger partial charge in [-0.1, -0.05) is 16.8 Å². The molecule has 0 spiro atoms. The third-order valence-corrected chi connectivity index (χ3v) is 5.38. The molecule has 1 saturated carbocycles. The van der Waals surface area contributed by atoms with Crippen LogP contribution in [0, 0.1) is 5.82 Å². The maximum Gasteiger partial charge on any atom is 0.171 e. The van der Waals surface area contributed by atoms with Gasteiger partial charge in [0.2, 0.25) is 0 Å². The van der Waals surface area contributed by atoms with Gasteiger partial charge in [-0.05, 0) is 25.0 Å². The van der Waals surface area contributed by atoms with Crippen LogP contribution in [0.25, 0.3) is 11.2 Å². The molecule has 29 heavy (non-hydrogen) atoms. The third kappa shape index (κ3) is 2.93. The monoisotopic (exact) mass is 414 g/mol. The van der Waals surface area contributed by atoms with Crippen molar-refractivity contribution in [2.24, 2.45) is 0 Å². The van der Waals surface area contributed by atoms with E-state index in [9.17, 15) is 9.50 Å². The van der Waals surface area contributed by atoms with Gasteiger partial charge >= 0.3 is 0 Å². The summed E-state index contributed by atoms with van der Waals surface area (Å²) in [5.41, 5.74) is 2.55. The molecule has 5 rings (SSSR count). The van der Waals surface area contributed by atoms with Gasteiger partial charge in [-0.25, -0.2) is 14.1 Å². The summed E-state index contributed by atoms with van der Waals surface area (Å²) in [5.74, 6) is -0.159. The molecule has 8 nitrogen and oxygen atoms in total. The maximum absolute atomic E-state index is 14.6.